The van der Waals surface area contributed by atoms with E-state index in [0.717, 1.165) is 10.9 Å². The molecule has 0 saturated heterocycles. The highest BCUT2D eigenvalue weighted by molar-refractivity contribution is 9.09. The first-order valence-corrected chi connectivity index (χ1v) is 4.86. The van der Waals surface area contributed by atoms with Gasteiger partial charge in [0.25, 0.3) is 0 Å². The van der Waals surface area contributed by atoms with Gasteiger partial charge < -0.3 is 0 Å². The lowest BCUT2D eigenvalue weighted by Gasteiger charge is -2.21. The van der Waals surface area contributed by atoms with Gasteiger partial charge in [-0.05, 0) is 11.6 Å². The molecule has 1 aromatic heterocycles. The highest BCUT2D eigenvalue weighted by atomic mass is 79.9. The number of nitrogens with zero attached hydrogens (tertiary/aromatic N) is 1. The largest absolute Gasteiger partial charge is 0.228 e. The first-order chi connectivity index (χ1) is 5.56. The molecule has 0 aliphatic rings. The van der Waals surface area contributed by atoms with Crippen LogP contribution in [0.3, 0.4) is 0 Å². The zero-order chi connectivity index (χ0) is 9.19. The van der Waals surface area contributed by atoms with Crippen LogP contribution in [0.4, 0.5) is 4.39 Å². The average Bonchev–Trinajstić information content (AvgIpc) is 2.05. The minimum Gasteiger partial charge on any atom is -0.228 e. The zero-order valence-corrected chi connectivity index (χ0v) is 8.73. The maximum absolute atomic E-state index is 12.5. The molecule has 1 aromatic rings. The minimum absolute atomic E-state index is 0.0146. The van der Waals surface area contributed by atoms with Crippen LogP contribution in [0, 0.1) is 5.95 Å². The SMILES string of the molecule is CC(C)(CBr)c1ccc(F)nc1. The highest BCUT2D eigenvalue weighted by Gasteiger charge is 2.18. The van der Waals surface area contributed by atoms with Crippen LogP contribution in [0.2, 0.25) is 0 Å². The van der Waals surface area contributed by atoms with E-state index in [-0.39, 0.29) is 5.41 Å². The van der Waals surface area contributed by atoms with Crippen molar-refractivity contribution in [3.63, 3.8) is 0 Å². The van der Waals surface area contributed by atoms with Crippen LogP contribution in [0.5, 0.6) is 0 Å². The molecule has 0 amide bonds. The third-order valence-electron chi connectivity index (χ3n) is 1.84. The maximum Gasteiger partial charge on any atom is 0.212 e. The third kappa shape index (κ3) is 2.03. The molecule has 1 heterocycles. The van der Waals surface area contributed by atoms with E-state index in [1.54, 1.807) is 12.3 Å². The summed E-state index contributed by atoms with van der Waals surface area (Å²) in [4.78, 5) is 3.61. The molecule has 0 saturated carbocycles. The fourth-order valence-electron chi connectivity index (χ4n) is 0.853. The van der Waals surface area contributed by atoms with Crippen LogP contribution in [-0.2, 0) is 5.41 Å². The number of halogens is 2. The molecule has 0 atom stereocenters. The fourth-order valence-corrected chi connectivity index (χ4v) is 1.18. The van der Waals surface area contributed by atoms with Crippen molar-refractivity contribution in [2.45, 2.75) is 19.3 Å². The molecule has 0 fully saturated rings. The molecule has 0 unspecified atom stereocenters. The lowest BCUT2D eigenvalue weighted by molar-refractivity contribution is 0.565. The number of pyridine rings is 1. The van der Waals surface area contributed by atoms with E-state index in [2.05, 4.69) is 34.8 Å². The van der Waals surface area contributed by atoms with Crippen molar-refractivity contribution in [1.29, 1.82) is 0 Å². The summed E-state index contributed by atoms with van der Waals surface area (Å²) < 4.78 is 12.5. The van der Waals surface area contributed by atoms with Crippen molar-refractivity contribution in [2.24, 2.45) is 0 Å². The molecule has 0 aromatic carbocycles. The van der Waals surface area contributed by atoms with Crippen molar-refractivity contribution in [1.82, 2.24) is 4.98 Å². The van der Waals surface area contributed by atoms with Gasteiger partial charge in [0.2, 0.25) is 5.95 Å². The molecule has 0 radical (unpaired) electrons. The molecule has 0 aliphatic heterocycles. The lowest BCUT2D eigenvalue weighted by atomic mass is 9.88. The number of hydrogen-bond acceptors (Lipinski definition) is 1. The molecule has 0 bridgehead atoms. The van der Waals surface area contributed by atoms with Gasteiger partial charge in [0, 0.05) is 16.9 Å². The normalized spacial score (nSPS) is 11.7. The standard InChI is InChI=1S/C9H11BrFN/c1-9(2,6-10)7-3-4-8(11)12-5-7/h3-5H,6H2,1-2H3. The second kappa shape index (κ2) is 3.52. The van der Waals surface area contributed by atoms with Gasteiger partial charge in [0.1, 0.15) is 0 Å². The number of aromatic nitrogens is 1. The predicted molar refractivity (Wildman–Crippen MR) is 51.0 cm³/mol. The van der Waals surface area contributed by atoms with E-state index in [9.17, 15) is 4.39 Å². The van der Waals surface area contributed by atoms with Crippen molar-refractivity contribution in [3.05, 3.63) is 29.8 Å². The monoisotopic (exact) mass is 231 g/mol. The van der Waals surface area contributed by atoms with Crippen molar-refractivity contribution < 1.29 is 4.39 Å². The topological polar surface area (TPSA) is 12.9 Å². The van der Waals surface area contributed by atoms with Gasteiger partial charge in [-0.15, -0.1) is 0 Å². The Morgan fingerprint density at radius 3 is 2.58 bits per heavy atom. The Kier molecular flexibility index (Phi) is 2.83. The van der Waals surface area contributed by atoms with Gasteiger partial charge in [0.05, 0.1) is 0 Å². The first-order valence-electron chi connectivity index (χ1n) is 3.74. The molecule has 0 spiro atoms. The first kappa shape index (κ1) is 9.65. The second-order valence-electron chi connectivity index (χ2n) is 3.39. The Hall–Kier alpha value is -0.440. The average molecular weight is 232 g/mol. The van der Waals surface area contributed by atoms with Gasteiger partial charge in [-0.25, -0.2) is 4.98 Å². The van der Waals surface area contributed by atoms with Gasteiger partial charge in [0.15, 0.2) is 0 Å². The molecular weight excluding hydrogens is 221 g/mol. The Balaban J connectivity index is 2.96. The summed E-state index contributed by atoms with van der Waals surface area (Å²) in [7, 11) is 0. The summed E-state index contributed by atoms with van der Waals surface area (Å²) in [6.45, 7) is 4.16. The Labute approximate surface area is 80.1 Å². The molecular formula is C9H11BrFN. The predicted octanol–water partition coefficient (Wildman–Crippen LogP) is 2.89. The van der Waals surface area contributed by atoms with E-state index < -0.39 is 5.95 Å². The van der Waals surface area contributed by atoms with Crippen LogP contribution in [0.15, 0.2) is 18.3 Å². The summed E-state index contributed by atoms with van der Waals surface area (Å²) in [6, 6.07) is 3.16. The number of rotatable bonds is 2. The highest BCUT2D eigenvalue weighted by Crippen LogP contribution is 2.24. The maximum atomic E-state index is 12.5. The molecule has 1 nitrogen and oxygen atoms in total. The Bertz CT molecular complexity index is 256. The zero-order valence-electron chi connectivity index (χ0n) is 7.14. The van der Waals surface area contributed by atoms with E-state index in [1.807, 2.05) is 0 Å². The smallest absolute Gasteiger partial charge is 0.212 e. The van der Waals surface area contributed by atoms with Gasteiger partial charge in [-0.1, -0.05) is 35.8 Å². The Morgan fingerprint density at radius 2 is 2.17 bits per heavy atom. The lowest BCUT2D eigenvalue weighted by Crippen LogP contribution is -2.18. The fraction of sp³-hybridized carbons (Fsp3) is 0.444. The molecule has 1 rings (SSSR count). The summed E-state index contributed by atoms with van der Waals surface area (Å²) in [5.74, 6) is -0.427. The van der Waals surface area contributed by atoms with Crippen molar-refractivity contribution in [2.75, 3.05) is 5.33 Å². The minimum atomic E-state index is -0.427. The van der Waals surface area contributed by atoms with Crippen molar-refractivity contribution >= 4 is 15.9 Å². The quantitative estimate of drug-likeness (QED) is 0.564. The van der Waals surface area contributed by atoms with Gasteiger partial charge in [-0.2, -0.15) is 4.39 Å². The van der Waals surface area contributed by atoms with Crippen molar-refractivity contribution in [3.8, 4) is 0 Å². The van der Waals surface area contributed by atoms with E-state index in [4.69, 9.17) is 0 Å². The van der Waals surface area contributed by atoms with E-state index in [0.29, 0.717) is 0 Å². The van der Waals surface area contributed by atoms with E-state index in [1.165, 1.54) is 6.07 Å². The summed E-state index contributed by atoms with van der Waals surface area (Å²) in [5.41, 5.74) is 1.06. The molecule has 12 heavy (non-hydrogen) atoms. The summed E-state index contributed by atoms with van der Waals surface area (Å²) in [5, 5.41) is 0.841. The van der Waals surface area contributed by atoms with Crippen LogP contribution in [-0.4, -0.2) is 10.3 Å². The Morgan fingerprint density at radius 1 is 1.50 bits per heavy atom. The van der Waals surface area contributed by atoms with Crippen LogP contribution in [0.1, 0.15) is 19.4 Å². The number of hydrogen-bond donors (Lipinski definition) is 0. The number of alkyl halides is 1. The second-order valence-corrected chi connectivity index (χ2v) is 3.95. The summed E-state index contributed by atoms with van der Waals surface area (Å²) >= 11 is 3.40. The van der Waals surface area contributed by atoms with Gasteiger partial charge >= 0.3 is 0 Å². The summed E-state index contributed by atoms with van der Waals surface area (Å²) in [6.07, 6.45) is 1.58. The molecule has 0 N–H and O–H groups in total. The van der Waals surface area contributed by atoms with Crippen LogP contribution < -0.4 is 0 Å². The molecule has 3 heteroatoms. The van der Waals surface area contributed by atoms with Crippen LogP contribution in [0.25, 0.3) is 0 Å². The van der Waals surface area contributed by atoms with Crippen LogP contribution >= 0.6 is 15.9 Å². The third-order valence-corrected chi connectivity index (χ3v) is 3.24. The van der Waals surface area contributed by atoms with Gasteiger partial charge in [-0.3, -0.25) is 0 Å². The molecule has 66 valence electrons. The van der Waals surface area contributed by atoms with E-state index >= 15 is 0 Å². The molecule has 0 aliphatic carbocycles.